The van der Waals surface area contributed by atoms with Crippen LogP contribution in [-0.2, 0) is 6.61 Å². The number of anilines is 1. The maximum absolute atomic E-state index is 5.52. The van der Waals surface area contributed by atoms with Crippen molar-refractivity contribution in [2.24, 2.45) is 0 Å². The first-order valence-electron chi connectivity index (χ1n) is 4.69. The maximum atomic E-state index is 5.52. The Kier molecular flexibility index (Phi) is 3.36. The van der Waals surface area contributed by atoms with Crippen molar-refractivity contribution in [2.75, 3.05) is 5.73 Å². The Balaban J connectivity index is 2.05. The molecule has 0 saturated heterocycles. The van der Waals surface area contributed by atoms with E-state index >= 15 is 0 Å². The number of ether oxygens (including phenoxy) is 1. The zero-order chi connectivity index (χ0) is 11.4. The smallest absolute Gasteiger partial charge is 0.218 e. The molecule has 0 amide bonds. The van der Waals surface area contributed by atoms with Gasteiger partial charge in [0, 0.05) is 16.1 Å². The topological polar surface area (TPSA) is 61.0 Å². The van der Waals surface area contributed by atoms with Crippen molar-refractivity contribution in [3.8, 4) is 5.88 Å². The van der Waals surface area contributed by atoms with Crippen LogP contribution in [0, 0.1) is 0 Å². The van der Waals surface area contributed by atoms with Crippen molar-refractivity contribution in [3.05, 3.63) is 46.7 Å². The molecule has 0 aliphatic carbocycles. The standard InChI is InChI=1S/C11H10BrN3O/c12-9-4-2-1-3-8(9)6-16-11-5-10(13)14-7-15-11/h1-5,7H,6H2,(H2,13,14,15). The van der Waals surface area contributed by atoms with E-state index < -0.39 is 0 Å². The lowest BCUT2D eigenvalue weighted by atomic mass is 10.2. The summed E-state index contributed by atoms with van der Waals surface area (Å²) in [4.78, 5) is 7.75. The van der Waals surface area contributed by atoms with E-state index in [-0.39, 0.29) is 0 Å². The molecule has 2 aromatic rings. The number of halogens is 1. The van der Waals surface area contributed by atoms with E-state index in [2.05, 4.69) is 25.9 Å². The number of nitrogen functional groups attached to an aromatic ring is 1. The summed E-state index contributed by atoms with van der Waals surface area (Å²) in [5, 5.41) is 0. The highest BCUT2D eigenvalue weighted by Crippen LogP contribution is 2.18. The third-order valence-corrected chi connectivity index (χ3v) is 2.77. The van der Waals surface area contributed by atoms with Gasteiger partial charge < -0.3 is 10.5 Å². The van der Waals surface area contributed by atoms with Crippen molar-refractivity contribution >= 4 is 21.7 Å². The molecule has 1 aromatic carbocycles. The molecule has 0 fully saturated rings. The fourth-order valence-corrected chi connectivity index (χ4v) is 1.60. The number of hydrogen-bond donors (Lipinski definition) is 1. The summed E-state index contributed by atoms with van der Waals surface area (Å²) >= 11 is 3.45. The lowest BCUT2D eigenvalue weighted by Gasteiger charge is -2.06. The lowest BCUT2D eigenvalue weighted by Crippen LogP contribution is -1.99. The Hall–Kier alpha value is -1.62. The van der Waals surface area contributed by atoms with E-state index in [9.17, 15) is 0 Å². The summed E-state index contributed by atoms with van der Waals surface area (Å²) < 4.78 is 6.50. The minimum Gasteiger partial charge on any atom is -0.473 e. The Labute approximate surface area is 102 Å². The van der Waals surface area contributed by atoms with Crippen molar-refractivity contribution < 1.29 is 4.74 Å². The number of benzene rings is 1. The second-order valence-electron chi connectivity index (χ2n) is 3.16. The first kappa shape index (κ1) is 10.9. The van der Waals surface area contributed by atoms with Gasteiger partial charge in [-0.3, -0.25) is 0 Å². The molecule has 16 heavy (non-hydrogen) atoms. The third-order valence-electron chi connectivity index (χ3n) is 2.00. The van der Waals surface area contributed by atoms with Crippen LogP contribution in [0.1, 0.15) is 5.56 Å². The van der Waals surface area contributed by atoms with Crippen LogP contribution in [0.4, 0.5) is 5.82 Å². The van der Waals surface area contributed by atoms with Crippen molar-refractivity contribution in [1.82, 2.24) is 9.97 Å². The van der Waals surface area contributed by atoms with E-state index in [1.165, 1.54) is 6.33 Å². The number of nitrogens with zero attached hydrogens (tertiary/aromatic N) is 2. The first-order chi connectivity index (χ1) is 7.75. The molecule has 4 nitrogen and oxygen atoms in total. The zero-order valence-electron chi connectivity index (χ0n) is 8.43. The molecule has 0 unspecified atom stereocenters. The lowest BCUT2D eigenvalue weighted by molar-refractivity contribution is 0.293. The zero-order valence-corrected chi connectivity index (χ0v) is 10.0. The van der Waals surface area contributed by atoms with E-state index in [1.54, 1.807) is 6.07 Å². The predicted molar refractivity (Wildman–Crippen MR) is 64.9 cm³/mol. The van der Waals surface area contributed by atoms with Crippen LogP contribution in [0.5, 0.6) is 5.88 Å². The van der Waals surface area contributed by atoms with Gasteiger partial charge in [-0.2, -0.15) is 0 Å². The van der Waals surface area contributed by atoms with Crippen LogP contribution in [0.15, 0.2) is 41.1 Å². The van der Waals surface area contributed by atoms with Gasteiger partial charge in [0.1, 0.15) is 18.8 Å². The van der Waals surface area contributed by atoms with Gasteiger partial charge in [0.05, 0.1) is 0 Å². The summed E-state index contributed by atoms with van der Waals surface area (Å²) in [5.74, 6) is 0.875. The summed E-state index contributed by atoms with van der Waals surface area (Å²) in [6.07, 6.45) is 1.38. The highest BCUT2D eigenvalue weighted by atomic mass is 79.9. The molecule has 0 aliphatic rings. The monoisotopic (exact) mass is 279 g/mol. The molecule has 1 aromatic heterocycles. The van der Waals surface area contributed by atoms with Crippen molar-refractivity contribution in [1.29, 1.82) is 0 Å². The van der Waals surface area contributed by atoms with Gasteiger partial charge in [-0.15, -0.1) is 0 Å². The second-order valence-corrected chi connectivity index (χ2v) is 4.02. The highest BCUT2D eigenvalue weighted by molar-refractivity contribution is 9.10. The number of aromatic nitrogens is 2. The summed E-state index contributed by atoms with van der Waals surface area (Å²) in [7, 11) is 0. The Morgan fingerprint density at radius 2 is 2.06 bits per heavy atom. The largest absolute Gasteiger partial charge is 0.473 e. The molecule has 0 saturated carbocycles. The van der Waals surface area contributed by atoms with Gasteiger partial charge in [0.2, 0.25) is 5.88 Å². The van der Waals surface area contributed by atoms with Gasteiger partial charge in [0.25, 0.3) is 0 Å². The van der Waals surface area contributed by atoms with Crippen LogP contribution in [-0.4, -0.2) is 9.97 Å². The van der Waals surface area contributed by atoms with E-state index in [4.69, 9.17) is 10.5 Å². The fourth-order valence-electron chi connectivity index (χ4n) is 1.20. The minimum absolute atomic E-state index is 0.400. The maximum Gasteiger partial charge on any atom is 0.218 e. The quantitative estimate of drug-likeness (QED) is 0.937. The van der Waals surface area contributed by atoms with Gasteiger partial charge in [-0.05, 0) is 6.07 Å². The minimum atomic E-state index is 0.400. The average Bonchev–Trinajstić information content (AvgIpc) is 2.28. The number of nitrogens with two attached hydrogens (primary N) is 1. The molecule has 0 bridgehead atoms. The van der Waals surface area contributed by atoms with Gasteiger partial charge in [-0.1, -0.05) is 34.1 Å². The summed E-state index contributed by atoms with van der Waals surface area (Å²) in [6.45, 7) is 0.442. The summed E-state index contributed by atoms with van der Waals surface area (Å²) in [6, 6.07) is 9.45. The number of rotatable bonds is 3. The molecule has 0 spiro atoms. The van der Waals surface area contributed by atoms with Crippen LogP contribution < -0.4 is 10.5 Å². The van der Waals surface area contributed by atoms with Crippen LogP contribution in [0.25, 0.3) is 0 Å². The SMILES string of the molecule is Nc1cc(OCc2ccccc2Br)ncn1. The second kappa shape index (κ2) is 4.94. The molecule has 0 radical (unpaired) electrons. The molecule has 2 N–H and O–H groups in total. The normalized spacial score (nSPS) is 10.1. The van der Waals surface area contributed by atoms with Gasteiger partial charge in [0.15, 0.2) is 0 Å². The molecule has 0 atom stereocenters. The van der Waals surface area contributed by atoms with Gasteiger partial charge >= 0.3 is 0 Å². The Morgan fingerprint density at radius 1 is 1.25 bits per heavy atom. The van der Waals surface area contributed by atoms with Crippen molar-refractivity contribution in [3.63, 3.8) is 0 Å². The molecule has 0 aliphatic heterocycles. The Bertz CT molecular complexity index is 490. The summed E-state index contributed by atoms with van der Waals surface area (Å²) in [5.41, 5.74) is 6.57. The fraction of sp³-hybridized carbons (Fsp3) is 0.0909. The molecule has 5 heteroatoms. The molecular formula is C11H10BrN3O. The van der Waals surface area contributed by atoms with E-state index in [0.717, 1.165) is 10.0 Å². The van der Waals surface area contributed by atoms with Crippen LogP contribution in [0.3, 0.4) is 0 Å². The number of hydrogen-bond acceptors (Lipinski definition) is 4. The van der Waals surface area contributed by atoms with E-state index in [0.29, 0.717) is 18.3 Å². The van der Waals surface area contributed by atoms with Crippen LogP contribution >= 0.6 is 15.9 Å². The Morgan fingerprint density at radius 3 is 2.81 bits per heavy atom. The highest BCUT2D eigenvalue weighted by Gasteiger charge is 2.01. The van der Waals surface area contributed by atoms with Crippen molar-refractivity contribution in [2.45, 2.75) is 6.61 Å². The van der Waals surface area contributed by atoms with Crippen LogP contribution in [0.2, 0.25) is 0 Å². The molecule has 82 valence electrons. The molecule has 2 rings (SSSR count). The average molecular weight is 280 g/mol. The molecule has 1 heterocycles. The molecular weight excluding hydrogens is 270 g/mol. The first-order valence-corrected chi connectivity index (χ1v) is 5.49. The third kappa shape index (κ3) is 2.70. The van der Waals surface area contributed by atoms with Gasteiger partial charge in [-0.25, -0.2) is 9.97 Å². The van der Waals surface area contributed by atoms with E-state index in [1.807, 2.05) is 24.3 Å². The predicted octanol–water partition coefficient (Wildman–Crippen LogP) is 2.40.